The molecule has 5 rings (SSSR count). The third-order valence-corrected chi connectivity index (χ3v) is 9.15. The number of nitrogens with zero attached hydrogens (tertiary/aromatic N) is 3. The van der Waals surface area contributed by atoms with Crippen LogP contribution in [0.3, 0.4) is 0 Å². The molecule has 3 atom stereocenters. The van der Waals surface area contributed by atoms with Gasteiger partial charge in [-0.2, -0.15) is 0 Å². The number of aromatic nitrogens is 2. The Kier molecular flexibility index (Phi) is 10.6. The van der Waals surface area contributed by atoms with E-state index in [-0.39, 0.29) is 30.6 Å². The highest BCUT2D eigenvalue weighted by Crippen LogP contribution is 2.35. The van der Waals surface area contributed by atoms with Crippen LogP contribution in [0.5, 0.6) is 0 Å². The maximum absolute atomic E-state index is 13.8. The van der Waals surface area contributed by atoms with Gasteiger partial charge in [-0.25, -0.2) is 13.8 Å². The smallest absolute Gasteiger partial charge is 0.272 e. The molecule has 11 heteroatoms. The summed E-state index contributed by atoms with van der Waals surface area (Å²) < 4.78 is 27.5. The molecule has 2 amide bonds. The van der Waals surface area contributed by atoms with Gasteiger partial charge >= 0.3 is 0 Å². The molecule has 3 heterocycles. The molecule has 1 fully saturated rings. The van der Waals surface area contributed by atoms with Crippen LogP contribution in [0.1, 0.15) is 79.5 Å². The van der Waals surface area contributed by atoms with Crippen molar-refractivity contribution in [1.82, 2.24) is 25.5 Å². The van der Waals surface area contributed by atoms with E-state index in [2.05, 4.69) is 20.6 Å². The van der Waals surface area contributed by atoms with E-state index >= 15 is 0 Å². The van der Waals surface area contributed by atoms with Crippen LogP contribution < -0.4 is 10.6 Å². The zero-order valence-corrected chi connectivity index (χ0v) is 27.0. The molecule has 46 heavy (non-hydrogen) atoms. The highest BCUT2D eigenvalue weighted by atomic mass is 32.1. The van der Waals surface area contributed by atoms with Crippen molar-refractivity contribution in [2.45, 2.75) is 70.7 Å². The Hall–Kier alpha value is -4.06. The van der Waals surface area contributed by atoms with Gasteiger partial charge in [-0.15, -0.1) is 11.3 Å². The monoisotopic (exact) mass is 647 g/mol. The van der Waals surface area contributed by atoms with Crippen LogP contribution in [0.25, 0.3) is 0 Å². The average molecular weight is 648 g/mol. The number of rotatable bonds is 12. The van der Waals surface area contributed by atoms with E-state index in [1.165, 1.54) is 12.3 Å². The number of nitrogens with one attached hydrogen (secondary N) is 2. The molecule has 1 aliphatic heterocycles. The number of amides is 2. The lowest BCUT2D eigenvalue weighted by molar-refractivity contribution is 0.0170. The summed E-state index contributed by atoms with van der Waals surface area (Å²) in [6.45, 7) is 5.53. The predicted molar refractivity (Wildman–Crippen MR) is 174 cm³/mol. The number of hydrogen-bond donors (Lipinski definition) is 3. The van der Waals surface area contributed by atoms with Crippen LogP contribution in [-0.2, 0) is 18.9 Å². The number of alkyl halides is 2. The second-order valence-corrected chi connectivity index (χ2v) is 12.9. The number of pyridine rings is 1. The largest absolute Gasteiger partial charge is 0.390 e. The number of carbonyl (C=O) groups excluding carboxylic acids is 2. The summed E-state index contributed by atoms with van der Waals surface area (Å²) in [4.78, 5) is 37.8. The standard InChI is InChI=1S/C35H39F2N5O3S/c1-22-12-26(16-27(13-22)34(45)42-11-7-10-30(42)33-40-23(2)21-46-33)32(44)41-29(15-24-8-5-4-6-9-24)31(43)20-39-18-25-14-28(19-38-17-25)35(3,36)37/h4-6,8-9,12-14,16-17,19,21,29-31,39,43H,7,10-11,15,18,20H2,1-3H3,(H,41,44)/t29-,30+,31-/m0/s1. The SMILES string of the molecule is Cc1cc(C(=O)N[C@@H](Cc2ccccc2)[C@@H](O)CNCc2cncc(C(C)(F)F)c2)cc(C(=O)N2CCC[C@@H]2c2nc(C)cs2)c1. The van der Waals surface area contributed by atoms with Crippen molar-refractivity contribution in [3.05, 3.63) is 116 Å². The van der Waals surface area contributed by atoms with Gasteiger partial charge in [0.15, 0.2) is 0 Å². The first kappa shape index (κ1) is 33.3. The maximum atomic E-state index is 13.8. The van der Waals surface area contributed by atoms with Crippen LogP contribution in [-0.4, -0.2) is 57.0 Å². The number of aliphatic hydroxyl groups is 1. The van der Waals surface area contributed by atoms with Gasteiger partial charge in [0.1, 0.15) is 5.01 Å². The Bertz CT molecular complexity index is 1660. The minimum absolute atomic E-state index is 0.0846. The Morgan fingerprint density at radius 3 is 2.57 bits per heavy atom. The Morgan fingerprint density at radius 1 is 1.09 bits per heavy atom. The van der Waals surface area contributed by atoms with Crippen LogP contribution in [0.4, 0.5) is 8.78 Å². The molecule has 3 N–H and O–H groups in total. The van der Waals surface area contributed by atoms with E-state index < -0.39 is 24.0 Å². The van der Waals surface area contributed by atoms with Crippen LogP contribution in [0.15, 0.2) is 72.4 Å². The first-order chi connectivity index (χ1) is 22.0. The number of aliphatic hydroxyl groups excluding tert-OH is 1. The van der Waals surface area contributed by atoms with E-state index in [1.54, 1.807) is 29.5 Å². The predicted octanol–water partition coefficient (Wildman–Crippen LogP) is 5.74. The van der Waals surface area contributed by atoms with Crippen LogP contribution in [0, 0.1) is 13.8 Å². The topological polar surface area (TPSA) is 107 Å². The summed E-state index contributed by atoms with van der Waals surface area (Å²) in [6, 6.07) is 15.3. The number of hydrogen-bond acceptors (Lipinski definition) is 7. The average Bonchev–Trinajstić information content (AvgIpc) is 3.69. The third-order valence-electron chi connectivity index (χ3n) is 8.09. The second kappa shape index (κ2) is 14.6. The van der Waals surface area contributed by atoms with E-state index in [1.807, 2.05) is 54.5 Å². The molecule has 0 unspecified atom stereocenters. The van der Waals surface area contributed by atoms with Crippen molar-refractivity contribution < 1.29 is 23.5 Å². The van der Waals surface area contributed by atoms with E-state index in [0.29, 0.717) is 29.7 Å². The minimum Gasteiger partial charge on any atom is -0.390 e. The van der Waals surface area contributed by atoms with Gasteiger partial charge in [-0.3, -0.25) is 14.6 Å². The van der Waals surface area contributed by atoms with Gasteiger partial charge in [0.25, 0.3) is 17.7 Å². The molecular formula is C35H39F2N5O3S. The fourth-order valence-corrected chi connectivity index (χ4v) is 6.67. The third kappa shape index (κ3) is 8.39. The zero-order valence-electron chi connectivity index (χ0n) is 26.2. The van der Waals surface area contributed by atoms with Gasteiger partial charge in [-0.1, -0.05) is 30.3 Å². The van der Waals surface area contributed by atoms with Gasteiger partial charge in [0.2, 0.25) is 0 Å². The molecule has 0 radical (unpaired) electrons. The first-order valence-electron chi connectivity index (χ1n) is 15.4. The van der Waals surface area contributed by atoms with Crippen LogP contribution in [0.2, 0.25) is 0 Å². The number of thiazole rings is 1. The van der Waals surface area contributed by atoms with Gasteiger partial charge in [0, 0.05) is 66.7 Å². The Balaban J connectivity index is 1.29. The molecule has 1 saturated heterocycles. The highest BCUT2D eigenvalue weighted by molar-refractivity contribution is 7.09. The number of aryl methyl sites for hydroxylation is 2. The van der Waals surface area contributed by atoms with E-state index in [0.717, 1.165) is 47.8 Å². The van der Waals surface area contributed by atoms with E-state index in [9.17, 15) is 23.5 Å². The fourth-order valence-electron chi connectivity index (χ4n) is 5.73. The summed E-state index contributed by atoms with van der Waals surface area (Å²) in [5.74, 6) is -3.56. The molecule has 2 aromatic carbocycles. The molecule has 0 spiro atoms. The number of halogens is 2. The summed E-state index contributed by atoms with van der Waals surface area (Å²) in [5.41, 5.74) is 3.75. The lowest BCUT2D eigenvalue weighted by Gasteiger charge is -2.26. The lowest BCUT2D eigenvalue weighted by Crippen LogP contribution is -2.48. The number of benzene rings is 2. The molecule has 4 aromatic rings. The van der Waals surface area contributed by atoms with Crippen molar-refractivity contribution in [2.75, 3.05) is 13.1 Å². The lowest BCUT2D eigenvalue weighted by atomic mass is 9.99. The van der Waals surface area contributed by atoms with E-state index in [4.69, 9.17) is 0 Å². The molecule has 0 bridgehead atoms. The quantitative estimate of drug-likeness (QED) is 0.181. The summed E-state index contributed by atoms with van der Waals surface area (Å²) in [7, 11) is 0. The first-order valence-corrected chi connectivity index (χ1v) is 16.3. The van der Waals surface area contributed by atoms with Gasteiger partial charge in [0.05, 0.1) is 18.2 Å². The molecule has 8 nitrogen and oxygen atoms in total. The summed E-state index contributed by atoms with van der Waals surface area (Å²) >= 11 is 1.56. The number of likely N-dealkylation sites (tertiary alicyclic amines) is 1. The zero-order chi connectivity index (χ0) is 32.8. The van der Waals surface area contributed by atoms with Crippen molar-refractivity contribution in [3.8, 4) is 0 Å². The van der Waals surface area contributed by atoms with Crippen molar-refractivity contribution in [2.24, 2.45) is 0 Å². The fraction of sp³-hybridized carbons (Fsp3) is 0.371. The molecule has 242 valence electrons. The minimum atomic E-state index is -3.01. The molecular weight excluding hydrogens is 608 g/mol. The Morgan fingerprint density at radius 2 is 1.85 bits per heavy atom. The van der Waals surface area contributed by atoms with Gasteiger partial charge < -0.3 is 20.6 Å². The normalized spacial score (nSPS) is 16.3. The van der Waals surface area contributed by atoms with Gasteiger partial charge in [-0.05, 0) is 74.1 Å². The maximum Gasteiger partial charge on any atom is 0.272 e. The molecule has 2 aromatic heterocycles. The Labute approximate surface area is 271 Å². The summed E-state index contributed by atoms with van der Waals surface area (Å²) in [6.07, 6.45) is 3.71. The second-order valence-electron chi connectivity index (χ2n) is 12.0. The molecule has 0 aliphatic carbocycles. The highest BCUT2D eigenvalue weighted by Gasteiger charge is 2.33. The summed E-state index contributed by atoms with van der Waals surface area (Å²) in [5, 5.41) is 20.2. The van der Waals surface area contributed by atoms with Crippen LogP contribution >= 0.6 is 11.3 Å². The number of carbonyl (C=O) groups is 2. The van der Waals surface area contributed by atoms with Crippen molar-refractivity contribution >= 4 is 23.2 Å². The molecule has 0 saturated carbocycles. The molecule has 1 aliphatic rings. The van der Waals surface area contributed by atoms with Crippen molar-refractivity contribution in [3.63, 3.8) is 0 Å². The van der Waals surface area contributed by atoms with Crippen molar-refractivity contribution in [1.29, 1.82) is 0 Å².